The summed E-state index contributed by atoms with van der Waals surface area (Å²) in [6.45, 7) is 8.23. The van der Waals surface area contributed by atoms with Crippen molar-refractivity contribution in [3.8, 4) is 0 Å². The fraction of sp³-hybridized carbons (Fsp3) is 0.625. The van der Waals surface area contributed by atoms with E-state index in [1.54, 1.807) is 0 Å². The number of rotatable bonds is 5. The van der Waals surface area contributed by atoms with Gasteiger partial charge in [-0.05, 0) is 45.0 Å². The van der Waals surface area contributed by atoms with Crippen molar-refractivity contribution in [1.29, 1.82) is 0 Å². The molecular formula is C16H25ClN2O. The molecule has 112 valence electrons. The van der Waals surface area contributed by atoms with E-state index < -0.39 is 0 Å². The molecular weight excluding hydrogens is 272 g/mol. The molecule has 1 unspecified atom stereocenters. The molecule has 0 saturated carbocycles. The summed E-state index contributed by atoms with van der Waals surface area (Å²) < 4.78 is 5.57. The fourth-order valence-corrected chi connectivity index (χ4v) is 2.99. The molecule has 20 heavy (non-hydrogen) atoms. The zero-order chi connectivity index (χ0) is 14.6. The van der Waals surface area contributed by atoms with Gasteiger partial charge in [0.15, 0.2) is 0 Å². The third-order valence-electron chi connectivity index (χ3n) is 4.10. The van der Waals surface area contributed by atoms with Crippen molar-refractivity contribution >= 4 is 11.6 Å². The highest BCUT2D eigenvalue weighted by atomic mass is 35.5. The van der Waals surface area contributed by atoms with Crippen molar-refractivity contribution in [1.82, 2.24) is 10.2 Å². The largest absolute Gasteiger partial charge is 0.378 e. The number of ether oxygens (including phenoxy) is 1. The molecule has 0 bridgehead atoms. The number of nitrogens with one attached hydrogen (secondary N) is 1. The maximum Gasteiger partial charge on any atom is 0.0645 e. The summed E-state index contributed by atoms with van der Waals surface area (Å²) in [4.78, 5) is 2.52. The van der Waals surface area contributed by atoms with Crippen LogP contribution in [-0.2, 0) is 4.74 Å². The van der Waals surface area contributed by atoms with Crippen molar-refractivity contribution in [3.05, 3.63) is 34.9 Å². The summed E-state index contributed by atoms with van der Waals surface area (Å²) in [7, 11) is 2.01. The van der Waals surface area contributed by atoms with Crippen molar-refractivity contribution in [3.63, 3.8) is 0 Å². The van der Waals surface area contributed by atoms with Gasteiger partial charge in [0.1, 0.15) is 0 Å². The second-order valence-corrected chi connectivity index (χ2v) is 6.47. The van der Waals surface area contributed by atoms with E-state index >= 15 is 0 Å². The van der Waals surface area contributed by atoms with Gasteiger partial charge in [0.25, 0.3) is 0 Å². The summed E-state index contributed by atoms with van der Waals surface area (Å²) in [5.41, 5.74) is 1.39. The van der Waals surface area contributed by atoms with Gasteiger partial charge in [0.05, 0.1) is 13.2 Å². The normalized spacial score (nSPS) is 20.8. The van der Waals surface area contributed by atoms with Crippen LogP contribution in [0.4, 0.5) is 0 Å². The van der Waals surface area contributed by atoms with Gasteiger partial charge in [0.2, 0.25) is 0 Å². The van der Waals surface area contributed by atoms with Gasteiger partial charge in [-0.3, -0.25) is 4.90 Å². The van der Waals surface area contributed by atoms with Crippen LogP contribution >= 0.6 is 11.6 Å². The van der Waals surface area contributed by atoms with E-state index in [0.717, 1.165) is 37.7 Å². The van der Waals surface area contributed by atoms with Crippen LogP contribution < -0.4 is 5.32 Å². The Bertz CT molecular complexity index is 436. The third-order valence-corrected chi connectivity index (χ3v) is 4.34. The first-order valence-corrected chi connectivity index (χ1v) is 7.66. The monoisotopic (exact) mass is 296 g/mol. The molecule has 0 spiro atoms. The molecule has 1 N–H and O–H groups in total. The third kappa shape index (κ3) is 3.95. The van der Waals surface area contributed by atoms with Crippen LogP contribution in [0, 0.1) is 0 Å². The highest BCUT2D eigenvalue weighted by Crippen LogP contribution is 2.24. The van der Waals surface area contributed by atoms with Gasteiger partial charge in [-0.25, -0.2) is 0 Å². The smallest absolute Gasteiger partial charge is 0.0645 e. The van der Waals surface area contributed by atoms with Crippen LogP contribution in [0.3, 0.4) is 0 Å². The molecule has 1 aliphatic rings. The minimum Gasteiger partial charge on any atom is -0.378 e. The standard InChI is InChI=1S/C16H25ClN2O/c1-16(2)12-20-10-9-19(16)8-7-15(18-3)13-5-4-6-14(17)11-13/h4-6,11,15,18H,7-10,12H2,1-3H3. The molecule has 0 aliphatic carbocycles. The summed E-state index contributed by atoms with van der Waals surface area (Å²) in [6, 6.07) is 8.46. The molecule has 0 radical (unpaired) electrons. The maximum absolute atomic E-state index is 6.09. The molecule has 1 heterocycles. The second kappa shape index (κ2) is 6.90. The van der Waals surface area contributed by atoms with E-state index in [1.807, 2.05) is 25.2 Å². The SMILES string of the molecule is CNC(CCN1CCOCC1(C)C)c1cccc(Cl)c1. The Balaban J connectivity index is 1.97. The highest BCUT2D eigenvalue weighted by Gasteiger charge is 2.30. The molecule has 0 aromatic heterocycles. The Labute approximate surface area is 127 Å². The molecule has 0 amide bonds. The lowest BCUT2D eigenvalue weighted by molar-refractivity contribution is -0.0520. The van der Waals surface area contributed by atoms with Crippen LogP contribution in [0.2, 0.25) is 5.02 Å². The first-order chi connectivity index (χ1) is 9.53. The van der Waals surface area contributed by atoms with Gasteiger partial charge < -0.3 is 10.1 Å². The van der Waals surface area contributed by atoms with E-state index in [-0.39, 0.29) is 5.54 Å². The molecule has 1 aromatic rings. The summed E-state index contributed by atoms with van der Waals surface area (Å²) >= 11 is 6.09. The van der Waals surface area contributed by atoms with Gasteiger partial charge >= 0.3 is 0 Å². The average molecular weight is 297 g/mol. The van der Waals surface area contributed by atoms with Crippen LogP contribution in [0.5, 0.6) is 0 Å². The van der Waals surface area contributed by atoms with E-state index in [1.165, 1.54) is 5.56 Å². The van der Waals surface area contributed by atoms with E-state index in [4.69, 9.17) is 16.3 Å². The maximum atomic E-state index is 6.09. The topological polar surface area (TPSA) is 24.5 Å². The summed E-state index contributed by atoms with van der Waals surface area (Å²) in [5, 5.41) is 4.20. The number of hydrogen-bond donors (Lipinski definition) is 1. The number of nitrogens with zero attached hydrogens (tertiary/aromatic N) is 1. The molecule has 1 aromatic carbocycles. The Morgan fingerprint density at radius 1 is 1.45 bits per heavy atom. The van der Waals surface area contributed by atoms with Crippen LogP contribution in [0.25, 0.3) is 0 Å². The molecule has 1 atom stereocenters. The molecule has 3 nitrogen and oxygen atoms in total. The Morgan fingerprint density at radius 3 is 2.90 bits per heavy atom. The molecule has 4 heteroatoms. The Morgan fingerprint density at radius 2 is 2.25 bits per heavy atom. The predicted octanol–water partition coefficient (Wildman–Crippen LogP) is 3.10. The van der Waals surface area contributed by atoms with Crippen molar-refractivity contribution in [2.45, 2.75) is 31.8 Å². The van der Waals surface area contributed by atoms with Gasteiger partial charge in [0, 0.05) is 29.7 Å². The number of benzene rings is 1. The number of hydrogen-bond acceptors (Lipinski definition) is 3. The Kier molecular flexibility index (Phi) is 5.44. The van der Waals surface area contributed by atoms with E-state index in [2.05, 4.69) is 30.1 Å². The molecule has 2 rings (SSSR count). The molecule has 1 saturated heterocycles. The average Bonchev–Trinajstić information content (AvgIpc) is 2.41. The van der Waals surface area contributed by atoms with E-state index in [9.17, 15) is 0 Å². The summed E-state index contributed by atoms with van der Waals surface area (Å²) in [5.74, 6) is 0. The van der Waals surface area contributed by atoms with Crippen molar-refractivity contribution in [2.75, 3.05) is 33.4 Å². The first-order valence-electron chi connectivity index (χ1n) is 7.28. The lowest BCUT2D eigenvalue weighted by Crippen LogP contribution is -2.53. The highest BCUT2D eigenvalue weighted by molar-refractivity contribution is 6.30. The second-order valence-electron chi connectivity index (χ2n) is 6.04. The van der Waals surface area contributed by atoms with Crippen molar-refractivity contribution in [2.24, 2.45) is 0 Å². The van der Waals surface area contributed by atoms with Crippen LogP contribution in [0.1, 0.15) is 31.9 Å². The zero-order valence-electron chi connectivity index (χ0n) is 12.7. The fourth-order valence-electron chi connectivity index (χ4n) is 2.79. The zero-order valence-corrected chi connectivity index (χ0v) is 13.4. The van der Waals surface area contributed by atoms with E-state index in [0.29, 0.717) is 6.04 Å². The number of morpholine rings is 1. The molecule has 1 fully saturated rings. The molecule has 1 aliphatic heterocycles. The summed E-state index contributed by atoms with van der Waals surface area (Å²) in [6.07, 6.45) is 1.07. The first kappa shape index (κ1) is 15.8. The minimum atomic E-state index is 0.130. The Hall–Kier alpha value is -0.610. The lowest BCUT2D eigenvalue weighted by atomic mass is 9.99. The lowest BCUT2D eigenvalue weighted by Gasteiger charge is -2.42. The van der Waals surface area contributed by atoms with Gasteiger partial charge in [-0.15, -0.1) is 0 Å². The van der Waals surface area contributed by atoms with Gasteiger partial charge in [-0.1, -0.05) is 23.7 Å². The minimum absolute atomic E-state index is 0.130. The van der Waals surface area contributed by atoms with Crippen LogP contribution in [0.15, 0.2) is 24.3 Å². The van der Waals surface area contributed by atoms with Crippen molar-refractivity contribution < 1.29 is 4.74 Å². The number of halogens is 1. The van der Waals surface area contributed by atoms with Crippen LogP contribution in [-0.4, -0.2) is 43.8 Å². The quantitative estimate of drug-likeness (QED) is 0.903. The van der Waals surface area contributed by atoms with Gasteiger partial charge in [-0.2, -0.15) is 0 Å². The predicted molar refractivity (Wildman–Crippen MR) is 84.3 cm³/mol.